The van der Waals surface area contributed by atoms with Gasteiger partial charge in [-0.1, -0.05) is 13.3 Å². The molecule has 0 aliphatic heterocycles. The molecule has 7 heteroatoms. The largest absolute Gasteiger partial charge is 0.550 e. The monoisotopic (exact) mass is 374 g/mol. The smallest absolute Gasteiger partial charge is 0.336 e. The average molecular weight is 374 g/mol. The van der Waals surface area contributed by atoms with Crippen molar-refractivity contribution in [1.82, 2.24) is 5.32 Å². The van der Waals surface area contributed by atoms with Crippen LogP contribution in [0.3, 0.4) is 0 Å². The maximum Gasteiger partial charge on any atom is 0.336 e. The lowest BCUT2D eigenvalue weighted by Gasteiger charge is -2.12. The van der Waals surface area contributed by atoms with Gasteiger partial charge >= 0.3 is 5.63 Å². The van der Waals surface area contributed by atoms with Crippen LogP contribution in [-0.2, 0) is 16.0 Å². The molecule has 0 bridgehead atoms. The number of carbonyl (C=O) groups excluding carboxylic acids is 2. The summed E-state index contributed by atoms with van der Waals surface area (Å²) in [5.74, 6) is -0.800. The minimum absolute atomic E-state index is 0.0361. The quantitative estimate of drug-likeness (QED) is 0.498. The Bertz CT molecular complexity index is 871. The molecule has 1 N–H and O–H groups in total. The van der Waals surface area contributed by atoms with Crippen LogP contribution in [0.5, 0.6) is 5.75 Å². The van der Waals surface area contributed by atoms with Crippen LogP contribution in [0, 0.1) is 6.92 Å². The number of fused-ring (bicyclic) bond motifs is 1. The number of nitrogens with one attached hydrogen (secondary N) is 1. The zero-order chi connectivity index (χ0) is 19.8. The average Bonchev–Trinajstić information content (AvgIpc) is 2.61. The molecule has 1 amide bonds. The minimum atomic E-state index is -1.06. The molecule has 1 aromatic heterocycles. The van der Waals surface area contributed by atoms with Gasteiger partial charge in [-0.25, -0.2) is 4.79 Å². The number of ether oxygens (including phenoxy) is 1. The number of carboxylic acid groups (broad SMARTS) is 1. The standard InChI is InChI=1S/C20H25NO6/c1-3-14-10-15-13(2)9-20(25)27-17(15)11-16(14)26-12-18(22)21-8-6-4-5-7-19(23)24/h9-11H,3-8,12H2,1-2H3,(H,21,22)(H,23,24)/p-1. The SMILES string of the molecule is CCc1cc2c(C)cc(=O)oc2cc1OCC(=O)NCCCCCC(=O)[O-]. The van der Waals surface area contributed by atoms with Gasteiger partial charge in [-0.15, -0.1) is 0 Å². The highest BCUT2D eigenvalue weighted by atomic mass is 16.5. The normalized spacial score (nSPS) is 10.7. The minimum Gasteiger partial charge on any atom is -0.550 e. The maximum atomic E-state index is 11.9. The number of hydrogen-bond acceptors (Lipinski definition) is 6. The molecule has 0 unspecified atom stereocenters. The number of hydrogen-bond donors (Lipinski definition) is 1. The van der Waals surface area contributed by atoms with Gasteiger partial charge in [-0.2, -0.15) is 0 Å². The van der Waals surface area contributed by atoms with E-state index < -0.39 is 11.6 Å². The Hall–Kier alpha value is -2.83. The van der Waals surface area contributed by atoms with Crippen molar-refractivity contribution in [3.05, 3.63) is 39.7 Å². The number of unbranched alkanes of at least 4 members (excludes halogenated alkanes) is 2. The molecule has 0 saturated heterocycles. The van der Waals surface area contributed by atoms with Gasteiger partial charge < -0.3 is 24.4 Å². The predicted molar refractivity (Wildman–Crippen MR) is 98.6 cm³/mol. The summed E-state index contributed by atoms with van der Waals surface area (Å²) in [4.78, 5) is 33.8. The van der Waals surface area contributed by atoms with Crippen molar-refractivity contribution in [2.45, 2.75) is 46.0 Å². The number of benzene rings is 1. The fourth-order valence-electron chi connectivity index (χ4n) is 2.79. The van der Waals surface area contributed by atoms with Crippen molar-refractivity contribution in [1.29, 1.82) is 0 Å². The van der Waals surface area contributed by atoms with E-state index in [-0.39, 0.29) is 18.9 Å². The second kappa shape index (κ2) is 9.75. The first-order valence-corrected chi connectivity index (χ1v) is 9.07. The van der Waals surface area contributed by atoms with E-state index in [2.05, 4.69) is 5.32 Å². The Morgan fingerprint density at radius 2 is 1.96 bits per heavy atom. The van der Waals surface area contributed by atoms with Gasteiger partial charge in [0, 0.05) is 30.0 Å². The molecular weight excluding hydrogens is 350 g/mol. The molecule has 7 nitrogen and oxygen atoms in total. The van der Waals surface area contributed by atoms with Crippen LogP contribution in [0.15, 0.2) is 27.4 Å². The second-order valence-corrected chi connectivity index (χ2v) is 6.38. The first-order valence-electron chi connectivity index (χ1n) is 9.07. The molecule has 1 heterocycles. The highest BCUT2D eigenvalue weighted by Crippen LogP contribution is 2.27. The Morgan fingerprint density at radius 1 is 1.19 bits per heavy atom. The summed E-state index contributed by atoms with van der Waals surface area (Å²) in [5, 5.41) is 13.9. The van der Waals surface area contributed by atoms with Crippen LogP contribution in [0.1, 0.15) is 43.7 Å². The van der Waals surface area contributed by atoms with Crippen LogP contribution in [-0.4, -0.2) is 25.0 Å². The number of aryl methyl sites for hydroxylation is 2. The molecule has 2 rings (SSSR count). The molecule has 0 spiro atoms. The number of amides is 1. The summed E-state index contributed by atoms with van der Waals surface area (Å²) in [6, 6.07) is 5.01. The van der Waals surface area contributed by atoms with E-state index in [1.165, 1.54) is 6.07 Å². The fraction of sp³-hybridized carbons (Fsp3) is 0.450. The van der Waals surface area contributed by atoms with Crippen LogP contribution in [0.2, 0.25) is 0 Å². The van der Waals surface area contributed by atoms with Crippen molar-refractivity contribution in [3.63, 3.8) is 0 Å². The summed E-state index contributed by atoms with van der Waals surface area (Å²) in [6.07, 6.45) is 2.69. The Balaban J connectivity index is 1.91. The first kappa shape index (κ1) is 20.5. The maximum absolute atomic E-state index is 11.9. The third-order valence-corrected chi connectivity index (χ3v) is 4.25. The van der Waals surface area contributed by atoms with Gasteiger partial charge in [0.25, 0.3) is 5.91 Å². The van der Waals surface area contributed by atoms with Crippen LogP contribution in [0.25, 0.3) is 11.0 Å². The van der Waals surface area contributed by atoms with E-state index in [0.717, 1.165) is 16.5 Å². The molecule has 146 valence electrons. The first-order chi connectivity index (χ1) is 12.9. The van der Waals surface area contributed by atoms with Crippen molar-refractivity contribution >= 4 is 22.8 Å². The fourth-order valence-corrected chi connectivity index (χ4v) is 2.79. The van der Waals surface area contributed by atoms with E-state index in [1.807, 2.05) is 19.9 Å². The highest BCUT2D eigenvalue weighted by molar-refractivity contribution is 5.83. The van der Waals surface area contributed by atoms with Crippen molar-refractivity contribution in [3.8, 4) is 5.75 Å². The number of carboxylic acids is 1. The van der Waals surface area contributed by atoms with E-state index in [9.17, 15) is 19.5 Å². The summed E-state index contributed by atoms with van der Waals surface area (Å²) >= 11 is 0. The molecular formula is C20H24NO6-. The third kappa shape index (κ3) is 6.13. The predicted octanol–water partition coefficient (Wildman–Crippen LogP) is 1.47. The van der Waals surface area contributed by atoms with Crippen LogP contribution >= 0.6 is 0 Å². The van der Waals surface area contributed by atoms with Gasteiger partial charge in [0.2, 0.25) is 0 Å². The summed E-state index contributed by atoms with van der Waals surface area (Å²) in [7, 11) is 0. The highest BCUT2D eigenvalue weighted by Gasteiger charge is 2.11. The Morgan fingerprint density at radius 3 is 2.67 bits per heavy atom. The lowest BCUT2D eigenvalue weighted by atomic mass is 10.1. The molecule has 1 aromatic carbocycles. The lowest BCUT2D eigenvalue weighted by Crippen LogP contribution is -2.30. The third-order valence-electron chi connectivity index (χ3n) is 4.25. The van der Waals surface area contributed by atoms with Crippen LogP contribution in [0.4, 0.5) is 0 Å². The molecule has 0 saturated carbocycles. The van der Waals surface area contributed by atoms with Gasteiger partial charge in [0.05, 0.1) is 0 Å². The van der Waals surface area contributed by atoms with Crippen molar-refractivity contribution < 1.29 is 23.8 Å². The van der Waals surface area contributed by atoms with E-state index in [0.29, 0.717) is 43.6 Å². The topological polar surface area (TPSA) is 109 Å². The number of carbonyl (C=O) groups is 2. The van der Waals surface area contributed by atoms with E-state index >= 15 is 0 Å². The van der Waals surface area contributed by atoms with Gasteiger partial charge in [-0.05, 0) is 49.8 Å². The van der Waals surface area contributed by atoms with Crippen molar-refractivity contribution in [2.24, 2.45) is 0 Å². The van der Waals surface area contributed by atoms with Crippen LogP contribution < -0.4 is 20.8 Å². The Labute approximate surface area is 157 Å². The number of aliphatic carboxylic acids is 1. The summed E-state index contributed by atoms with van der Waals surface area (Å²) in [6.45, 7) is 4.14. The van der Waals surface area contributed by atoms with Gasteiger partial charge in [-0.3, -0.25) is 4.79 Å². The zero-order valence-electron chi connectivity index (χ0n) is 15.6. The molecule has 2 aromatic rings. The van der Waals surface area contributed by atoms with E-state index in [4.69, 9.17) is 9.15 Å². The van der Waals surface area contributed by atoms with Gasteiger partial charge in [0.15, 0.2) is 6.61 Å². The molecule has 0 radical (unpaired) electrons. The second-order valence-electron chi connectivity index (χ2n) is 6.38. The molecule has 0 atom stereocenters. The summed E-state index contributed by atoms with van der Waals surface area (Å²) < 4.78 is 10.9. The molecule has 0 fully saturated rings. The number of rotatable bonds is 10. The summed E-state index contributed by atoms with van der Waals surface area (Å²) in [5.41, 5.74) is 1.76. The molecule has 0 aliphatic rings. The zero-order valence-corrected chi connectivity index (χ0v) is 15.6. The van der Waals surface area contributed by atoms with Gasteiger partial charge in [0.1, 0.15) is 11.3 Å². The molecule has 27 heavy (non-hydrogen) atoms. The molecule has 0 aliphatic carbocycles. The Kier molecular flexibility index (Phi) is 7.40. The van der Waals surface area contributed by atoms with E-state index in [1.54, 1.807) is 6.07 Å². The van der Waals surface area contributed by atoms with Crippen molar-refractivity contribution in [2.75, 3.05) is 13.2 Å². The lowest BCUT2D eigenvalue weighted by molar-refractivity contribution is -0.305.